The Labute approximate surface area is 136 Å². The summed E-state index contributed by atoms with van der Waals surface area (Å²) in [5, 5.41) is 5.15. The fraction of sp³-hybridized carbons (Fsp3) is 0.333. The maximum Gasteiger partial charge on any atom is 0.282 e. The van der Waals surface area contributed by atoms with Gasteiger partial charge in [-0.3, -0.25) is 9.59 Å². The van der Waals surface area contributed by atoms with Crippen LogP contribution in [0.4, 0.5) is 5.69 Å². The van der Waals surface area contributed by atoms with Gasteiger partial charge in [0.05, 0.1) is 7.05 Å². The summed E-state index contributed by atoms with van der Waals surface area (Å²) in [5.41, 5.74) is 0.771. The standard InChI is InChI=1S/C18H23N3O2/c1-13(21(4)12-17(22)20(2)3)18(23)19-16-10-9-14-7-5-6-8-15(14)11-16/h5-11,13H,12H2,1-4H3,(H,19,23)/p+1/t13-/m0/s1. The fourth-order valence-corrected chi connectivity index (χ4v) is 2.29. The lowest BCUT2D eigenvalue weighted by Gasteiger charge is -2.22. The van der Waals surface area contributed by atoms with Crippen LogP contribution in [0.3, 0.4) is 0 Å². The SMILES string of the molecule is C[C@@H](C(=O)Nc1ccc2ccccc2c1)[NH+](C)CC(=O)N(C)C. The molecule has 0 heterocycles. The number of hydrogen-bond acceptors (Lipinski definition) is 2. The van der Waals surface area contributed by atoms with Gasteiger partial charge in [0.2, 0.25) is 0 Å². The van der Waals surface area contributed by atoms with Crippen LogP contribution in [0.2, 0.25) is 0 Å². The molecule has 0 saturated heterocycles. The van der Waals surface area contributed by atoms with Crippen LogP contribution in [0, 0.1) is 0 Å². The molecule has 0 saturated carbocycles. The van der Waals surface area contributed by atoms with Gasteiger partial charge in [-0.2, -0.15) is 0 Å². The van der Waals surface area contributed by atoms with Crippen LogP contribution in [-0.2, 0) is 9.59 Å². The van der Waals surface area contributed by atoms with Crippen molar-refractivity contribution in [2.24, 2.45) is 0 Å². The maximum atomic E-state index is 12.4. The van der Waals surface area contributed by atoms with Gasteiger partial charge in [-0.1, -0.05) is 30.3 Å². The zero-order valence-electron chi connectivity index (χ0n) is 14.1. The number of hydrogen-bond donors (Lipinski definition) is 2. The lowest BCUT2D eigenvalue weighted by Crippen LogP contribution is -3.15. The van der Waals surface area contributed by atoms with E-state index in [0.717, 1.165) is 21.4 Å². The van der Waals surface area contributed by atoms with Gasteiger partial charge in [0.25, 0.3) is 11.8 Å². The van der Waals surface area contributed by atoms with E-state index in [1.165, 1.54) is 4.90 Å². The molecule has 0 aliphatic heterocycles. The zero-order chi connectivity index (χ0) is 17.0. The van der Waals surface area contributed by atoms with Crippen LogP contribution in [-0.4, -0.2) is 50.4 Å². The highest BCUT2D eigenvalue weighted by Crippen LogP contribution is 2.18. The third-order valence-corrected chi connectivity index (χ3v) is 4.08. The Morgan fingerprint density at radius 3 is 2.43 bits per heavy atom. The number of likely N-dealkylation sites (N-methyl/N-ethyl adjacent to an activating group) is 2. The van der Waals surface area contributed by atoms with Crippen molar-refractivity contribution in [1.29, 1.82) is 0 Å². The van der Waals surface area contributed by atoms with Crippen molar-refractivity contribution >= 4 is 28.3 Å². The summed E-state index contributed by atoms with van der Waals surface area (Å²) in [5.74, 6) is -0.0859. The van der Waals surface area contributed by atoms with E-state index >= 15 is 0 Å². The van der Waals surface area contributed by atoms with Gasteiger partial charge in [-0.05, 0) is 29.8 Å². The quantitative estimate of drug-likeness (QED) is 0.856. The largest absolute Gasteiger partial charge is 0.344 e. The van der Waals surface area contributed by atoms with Gasteiger partial charge >= 0.3 is 0 Å². The number of fused-ring (bicyclic) bond motifs is 1. The number of carbonyl (C=O) groups is 2. The molecule has 2 aromatic carbocycles. The van der Waals surface area contributed by atoms with Gasteiger partial charge < -0.3 is 15.1 Å². The maximum absolute atomic E-state index is 12.4. The lowest BCUT2D eigenvalue weighted by molar-refractivity contribution is -0.886. The summed E-state index contributed by atoms with van der Waals surface area (Å²) >= 11 is 0. The second-order valence-electron chi connectivity index (χ2n) is 6.08. The van der Waals surface area contributed by atoms with E-state index in [1.807, 2.05) is 56.4 Å². The molecule has 5 nitrogen and oxygen atoms in total. The van der Waals surface area contributed by atoms with E-state index in [9.17, 15) is 9.59 Å². The predicted octanol–water partition coefficient (Wildman–Crippen LogP) is 0.770. The Morgan fingerprint density at radius 1 is 1.13 bits per heavy atom. The number of nitrogens with one attached hydrogen (secondary N) is 2. The number of nitrogens with zero attached hydrogens (tertiary/aromatic N) is 1. The third-order valence-electron chi connectivity index (χ3n) is 4.08. The van der Waals surface area contributed by atoms with E-state index in [2.05, 4.69) is 5.32 Å². The topological polar surface area (TPSA) is 53.9 Å². The molecule has 0 radical (unpaired) electrons. The van der Waals surface area contributed by atoms with E-state index in [0.29, 0.717) is 6.54 Å². The minimum absolute atomic E-state index is 0.00727. The minimum Gasteiger partial charge on any atom is -0.344 e. The fourth-order valence-electron chi connectivity index (χ4n) is 2.29. The van der Waals surface area contributed by atoms with Crippen LogP contribution in [0.1, 0.15) is 6.92 Å². The van der Waals surface area contributed by atoms with E-state index in [4.69, 9.17) is 0 Å². The first-order chi connectivity index (χ1) is 10.9. The van der Waals surface area contributed by atoms with Crippen molar-refractivity contribution in [3.05, 3.63) is 42.5 Å². The first kappa shape index (κ1) is 17.0. The third kappa shape index (κ3) is 4.29. The molecular formula is C18H24N3O2+. The summed E-state index contributed by atoms with van der Waals surface area (Å²) in [6.45, 7) is 2.12. The summed E-state index contributed by atoms with van der Waals surface area (Å²) in [6, 6.07) is 13.5. The van der Waals surface area contributed by atoms with Crippen LogP contribution in [0.5, 0.6) is 0 Å². The van der Waals surface area contributed by atoms with Gasteiger partial charge in [0.1, 0.15) is 0 Å². The molecule has 2 amide bonds. The monoisotopic (exact) mass is 314 g/mol. The number of anilines is 1. The van der Waals surface area contributed by atoms with Gasteiger partial charge in [0.15, 0.2) is 12.6 Å². The highest BCUT2D eigenvalue weighted by molar-refractivity contribution is 5.96. The van der Waals surface area contributed by atoms with E-state index < -0.39 is 0 Å². The molecule has 0 aliphatic carbocycles. The van der Waals surface area contributed by atoms with E-state index in [1.54, 1.807) is 14.1 Å². The average molecular weight is 314 g/mol. The summed E-state index contributed by atoms with van der Waals surface area (Å²) < 4.78 is 0. The number of amides is 2. The summed E-state index contributed by atoms with van der Waals surface area (Å²) in [7, 11) is 5.29. The normalized spacial score (nSPS) is 13.4. The molecule has 2 rings (SSSR count). The highest BCUT2D eigenvalue weighted by Gasteiger charge is 2.24. The highest BCUT2D eigenvalue weighted by atomic mass is 16.2. The second-order valence-corrected chi connectivity index (χ2v) is 6.08. The smallest absolute Gasteiger partial charge is 0.282 e. The second kappa shape index (κ2) is 7.24. The number of benzene rings is 2. The molecule has 1 unspecified atom stereocenters. The van der Waals surface area contributed by atoms with Crippen molar-refractivity contribution < 1.29 is 14.5 Å². The Kier molecular flexibility index (Phi) is 5.34. The molecule has 122 valence electrons. The molecule has 5 heteroatoms. The average Bonchev–Trinajstić information content (AvgIpc) is 2.53. The first-order valence-corrected chi connectivity index (χ1v) is 7.70. The Morgan fingerprint density at radius 2 is 1.78 bits per heavy atom. The van der Waals surface area contributed by atoms with Gasteiger partial charge in [0, 0.05) is 19.8 Å². The van der Waals surface area contributed by atoms with Crippen molar-refractivity contribution in [3.8, 4) is 0 Å². The van der Waals surface area contributed by atoms with E-state index in [-0.39, 0.29) is 17.9 Å². The lowest BCUT2D eigenvalue weighted by atomic mass is 10.1. The van der Waals surface area contributed by atoms with Crippen LogP contribution in [0.25, 0.3) is 10.8 Å². The van der Waals surface area contributed by atoms with Crippen LogP contribution >= 0.6 is 0 Å². The number of carbonyl (C=O) groups excluding carboxylic acids is 2. The van der Waals surface area contributed by atoms with Crippen LogP contribution < -0.4 is 10.2 Å². The summed E-state index contributed by atoms with van der Waals surface area (Å²) in [6.07, 6.45) is 0. The minimum atomic E-state index is -0.314. The molecule has 2 aromatic rings. The Hall–Kier alpha value is -2.40. The molecule has 0 spiro atoms. The predicted molar refractivity (Wildman–Crippen MR) is 92.5 cm³/mol. The molecular weight excluding hydrogens is 290 g/mol. The van der Waals surface area contributed by atoms with Crippen molar-refractivity contribution in [1.82, 2.24) is 4.90 Å². The molecule has 0 bridgehead atoms. The van der Waals surface area contributed by atoms with Crippen molar-refractivity contribution in [2.45, 2.75) is 13.0 Å². The van der Waals surface area contributed by atoms with Crippen LogP contribution in [0.15, 0.2) is 42.5 Å². The number of rotatable bonds is 5. The zero-order valence-corrected chi connectivity index (χ0v) is 14.1. The molecule has 23 heavy (non-hydrogen) atoms. The Bertz CT molecular complexity index is 712. The molecule has 2 atom stereocenters. The first-order valence-electron chi connectivity index (χ1n) is 7.70. The van der Waals surface area contributed by atoms with Crippen molar-refractivity contribution in [2.75, 3.05) is 33.0 Å². The summed E-state index contributed by atoms with van der Waals surface area (Å²) in [4.78, 5) is 26.5. The van der Waals surface area contributed by atoms with Gasteiger partial charge in [-0.15, -0.1) is 0 Å². The van der Waals surface area contributed by atoms with Crippen molar-refractivity contribution in [3.63, 3.8) is 0 Å². The molecule has 0 aromatic heterocycles. The van der Waals surface area contributed by atoms with Gasteiger partial charge in [-0.25, -0.2) is 0 Å². The molecule has 2 N–H and O–H groups in total. The molecule has 0 fully saturated rings. The molecule has 0 aliphatic rings. The Balaban J connectivity index is 2.03. The number of quaternary nitrogens is 1.